The Balaban J connectivity index is 1.67. The summed E-state index contributed by atoms with van der Waals surface area (Å²) in [7, 11) is -4.18. The second-order valence-corrected chi connectivity index (χ2v) is 13.3. The van der Waals surface area contributed by atoms with E-state index in [1.165, 1.54) is 24.3 Å². The van der Waals surface area contributed by atoms with Gasteiger partial charge in [0.25, 0.3) is 10.0 Å². The largest absolute Gasteiger partial charge is 0.494 e. The fourth-order valence-corrected chi connectivity index (χ4v) is 7.12. The van der Waals surface area contributed by atoms with E-state index >= 15 is 0 Å². The van der Waals surface area contributed by atoms with Gasteiger partial charge >= 0.3 is 0 Å². The van der Waals surface area contributed by atoms with Gasteiger partial charge in [-0.15, -0.1) is 0 Å². The average Bonchev–Trinajstić information content (AvgIpc) is 3.03. The molecule has 0 heterocycles. The summed E-state index contributed by atoms with van der Waals surface area (Å²) >= 11 is 6.05. The molecule has 1 unspecified atom stereocenters. The molecule has 0 bridgehead atoms. The van der Waals surface area contributed by atoms with E-state index in [1.54, 1.807) is 29.2 Å². The van der Waals surface area contributed by atoms with Crippen molar-refractivity contribution in [1.82, 2.24) is 10.2 Å². The Morgan fingerprint density at radius 2 is 1.59 bits per heavy atom. The van der Waals surface area contributed by atoms with Crippen molar-refractivity contribution in [2.45, 2.75) is 75.8 Å². The van der Waals surface area contributed by atoms with Crippen LogP contribution in [0.15, 0.2) is 83.8 Å². The molecule has 4 rings (SSSR count). The van der Waals surface area contributed by atoms with Gasteiger partial charge in [-0.1, -0.05) is 68.1 Å². The quantitative estimate of drug-likeness (QED) is 0.226. The number of nitrogens with zero attached hydrogens (tertiary/aromatic N) is 2. The molecule has 1 saturated carbocycles. The molecule has 0 saturated heterocycles. The number of halogens is 1. The third kappa shape index (κ3) is 8.76. The Bertz CT molecular complexity index is 1460. The van der Waals surface area contributed by atoms with Crippen LogP contribution in [0, 0.1) is 0 Å². The fourth-order valence-electron chi connectivity index (χ4n) is 5.58. The third-order valence-corrected chi connectivity index (χ3v) is 9.98. The van der Waals surface area contributed by atoms with E-state index in [0.717, 1.165) is 42.0 Å². The molecule has 1 fully saturated rings. The second-order valence-electron chi connectivity index (χ2n) is 11.0. The lowest BCUT2D eigenvalue weighted by Crippen LogP contribution is -2.54. The van der Waals surface area contributed by atoms with E-state index in [-0.39, 0.29) is 23.4 Å². The van der Waals surface area contributed by atoms with Crippen molar-refractivity contribution >= 4 is 39.1 Å². The van der Waals surface area contributed by atoms with Gasteiger partial charge in [0.1, 0.15) is 18.3 Å². The summed E-state index contributed by atoms with van der Waals surface area (Å²) in [5, 5.41) is 3.57. The van der Waals surface area contributed by atoms with E-state index in [9.17, 15) is 18.0 Å². The van der Waals surface area contributed by atoms with Crippen molar-refractivity contribution in [1.29, 1.82) is 0 Å². The molecule has 0 aliphatic heterocycles. The zero-order chi connectivity index (χ0) is 31.5. The molecular formula is C34H42ClN3O5S. The van der Waals surface area contributed by atoms with E-state index < -0.39 is 28.5 Å². The number of nitrogens with one attached hydrogen (secondary N) is 1. The predicted molar refractivity (Wildman–Crippen MR) is 175 cm³/mol. The normalized spacial score (nSPS) is 14.4. The zero-order valence-corrected chi connectivity index (χ0v) is 27.0. The van der Waals surface area contributed by atoms with Gasteiger partial charge in [-0.25, -0.2) is 8.42 Å². The summed E-state index contributed by atoms with van der Waals surface area (Å²) in [6.45, 7) is 3.98. The Hall–Kier alpha value is -3.56. The zero-order valence-electron chi connectivity index (χ0n) is 25.5. The lowest BCUT2D eigenvalue weighted by Gasteiger charge is -2.34. The summed E-state index contributed by atoms with van der Waals surface area (Å²) in [4.78, 5) is 29.4. The lowest BCUT2D eigenvalue weighted by molar-refractivity contribution is -0.140. The molecule has 0 radical (unpaired) electrons. The molecule has 236 valence electrons. The van der Waals surface area contributed by atoms with Gasteiger partial charge in [-0.05, 0) is 86.7 Å². The highest BCUT2D eigenvalue weighted by molar-refractivity contribution is 7.92. The first kappa shape index (κ1) is 33.3. The first-order chi connectivity index (χ1) is 21.2. The lowest BCUT2D eigenvalue weighted by atomic mass is 9.95. The van der Waals surface area contributed by atoms with E-state index in [4.69, 9.17) is 16.3 Å². The highest BCUT2D eigenvalue weighted by Gasteiger charge is 2.34. The maximum Gasteiger partial charge on any atom is 0.264 e. The van der Waals surface area contributed by atoms with Gasteiger partial charge in [0.15, 0.2) is 0 Å². The van der Waals surface area contributed by atoms with Crippen LogP contribution in [0.1, 0.15) is 57.9 Å². The Kier molecular flexibility index (Phi) is 12.1. The number of amides is 2. The molecule has 1 aliphatic rings. The highest BCUT2D eigenvalue weighted by atomic mass is 35.5. The topological polar surface area (TPSA) is 96.0 Å². The van der Waals surface area contributed by atoms with Crippen LogP contribution in [-0.4, -0.2) is 56.9 Å². The molecule has 1 N–H and O–H groups in total. The number of hydrogen-bond acceptors (Lipinski definition) is 5. The van der Waals surface area contributed by atoms with Crippen LogP contribution < -0.4 is 14.4 Å². The Morgan fingerprint density at radius 3 is 2.20 bits per heavy atom. The predicted octanol–water partition coefficient (Wildman–Crippen LogP) is 6.23. The first-order valence-electron chi connectivity index (χ1n) is 15.4. The summed E-state index contributed by atoms with van der Waals surface area (Å²) in [6, 6.07) is 21.5. The minimum atomic E-state index is -4.18. The minimum absolute atomic E-state index is 0.00139. The molecule has 2 amide bonds. The van der Waals surface area contributed by atoms with Crippen molar-refractivity contribution in [2.75, 3.05) is 24.0 Å². The van der Waals surface area contributed by atoms with Crippen LogP contribution in [-0.2, 0) is 26.0 Å². The number of carbonyl (C=O) groups excluding carboxylic acids is 2. The summed E-state index contributed by atoms with van der Waals surface area (Å²) in [5.74, 6) is -0.0756. The molecule has 10 heteroatoms. The number of anilines is 1. The molecule has 3 aromatic rings. The van der Waals surface area contributed by atoms with Crippen molar-refractivity contribution in [3.63, 3.8) is 0 Å². The van der Waals surface area contributed by atoms with E-state index in [0.29, 0.717) is 35.9 Å². The maximum absolute atomic E-state index is 14.2. The highest BCUT2D eigenvalue weighted by Crippen LogP contribution is 2.27. The Morgan fingerprint density at radius 1 is 0.932 bits per heavy atom. The van der Waals surface area contributed by atoms with Gasteiger partial charge in [0.2, 0.25) is 11.8 Å². The molecule has 0 spiro atoms. The second kappa shape index (κ2) is 16.0. The first-order valence-corrected chi connectivity index (χ1v) is 17.2. The van der Waals surface area contributed by atoms with Crippen LogP contribution in [0.3, 0.4) is 0 Å². The molecule has 3 aromatic carbocycles. The molecule has 44 heavy (non-hydrogen) atoms. The van der Waals surface area contributed by atoms with Crippen LogP contribution >= 0.6 is 11.6 Å². The number of ether oxygens (including phenoxy) is 1. The summed E-state index contributed by atoms with van der Waals surface area (Å²) in [5.41, 5.74) is 1.32. The van der Waals surface area contributed by atoms with Gasteiger partial charge in [-0.3, -0.25) is 13.9 Å². The van der Waals surface area contributed by atoms with Gasteiger partial charge in [0, 0.05) is 17.6 Å². The molecular weight excluding hydrogens is 598 g/mol. The molecule has 8 nitrogen and oxygen atoms in total. The number of benzene rings is 3. The minimum Gasteiger partial charge on any atom is -0.494 e. The fraction of sp³-hybridized carbons (Fsp3) is 0.412. The molecule has 1 aliphatic carbocycles. The summed E-state index contributed by atoms with van der Waals surface area (Å²) in [6.07, 6.45) is 6.06. The van der Waals surface area contributed by atoms with Gasteiger partial charge in [-0.2, -0.15) is 0 Å². The van der Waals surface area contributed by atoms with Crippen molar-refractivity contribution in [3.8, 4) is 5.75 Å². The van der Waals surface area contributed by atoms with Crippen LogP contribution in [0.4, 0.5) is 5.69 Å². The number of rotatable bonds is 14. The third-order valence-electron chi connectivity index (χ3n) is 7.94. The monoisotopic (exact) mass is 639 g/mol. The SMILES string of the molecule is CCOc1ccc(N(CC(=O)N(CCc2ccccc2)C(CC)C(=O)NC2CCCCC2)S(=O)(=O)c2ccc(Cl)cc2)cc1. The Labute approximate surface area is 266 Å². The van der Waals surface area contributed by atoms with E-state index in [1.807, 2.05) is 44.2 Å². The van der Waals surface area contributed by atoms with Crippen molar-refractivity contribution in [2.24, 2.45) is 0 Å². The molecule has 0 aromatic heterocycles. The van der Waals surface area contributed by atoms with Crippen molar-refractivity contribution in [3.05, 3.63) is 89.4 Å². The van der Waals surface area contributed by atoms with Crippen molar-refractivity contribution < 1.29 is 22.7 Å². The average molecular weight is 640 g/mol. The van der Waals surface area contributed by atoms with Gasteiger partial charge in [0.05, 0.1) is 17.2 Å². The van der Waals surface area contributed by atoms with Crippen LogP contribution in [0.2, 0.25) is 5.02 Å². The van der Waals surface area contributed by atoms with E-state index in [2.05, 4.69) is 5.32 Å². The van der Waals surface area contributed by atoms with Crippen LogP contribution in [0.5, 0.6) is 5.75 Å². The standard InChI is InChI=1S/C34H42ClN3O5S/c1-3-32(34(40)36-28-13-9-6-10-14-28)37(24-23-26-11-7-5-8-12-26)33(39)25-38(29-17-19-30(20-18-29)43-4-2)44(41,42)31-21-15-27(35)16-22-31/h5,7-8,11-12,15-22,28,32H,3-4,6,9-10,13-14,23-25H2,1-2H3,(H,36,40). The smallest absolute Gasteiger partial charge is 0.264 e. The summed E-state index contributed by atoms with van der Waals surface area (Å²) < 4.78 is 34.7. The number of carbonyl (C=O) groups is 2. The number of hydrogen-bond donors (Lipinski definition) is 1. The number of sulfonamides is 1. The van der Waals surface area contributed by atoms with Crippen LogP contribution in [0.25, 0.3) is 0 Å². The maximum atomic E-state index is 14.2. The molecule has 1 atom stereocenters. The van der Waals surface area contributed by atoms with Gasteiger partial charge < -0.3 is 15.0 Å².